The van der Waals surface area contributed by atoms with Gasteiger partial charge in [-0.15, -0.1) is 11.3 Å². The number of benzene rings is 1. The molecule has 5 heteroatoms. The summed E-state index contributed by atoms with van der Waals surface area (Å²) in [6, 6.07) is 9.23. The largest absolute Gasteiger partial charge is 0.399 e. The molecule has 3 rings (SSSR count). The summed E-state index contributed by atoms with van der Waals surface area (Å²) >= 11 is 1.77. The van der Waals surface area contributed by atoms with Gasteiger partial charge in [0.25, 0.3) is 0 Å². The van der Waals surface area contributed by atoms with Crippen molar-refractivity contribution in [1.82, 2.24) is 4.90 Å². The van der Waals surface area contributed by atoms with Crippen molar-refractivity contribution in [1.29, 1.82) is 0 Å². The molecule has 3 N–H and O–H groups in total. The van der Waals surface area contributed by atoms with Crippen LogP contribution in [0.25, 0.3) is 0 Å². The van der Waals surface area contributed by atoms with E-state index in [1.165, 1.54) is 10.4 Å². The lowest BCUT2D eigenvalue weighted by Gasteiger charge is -2.27. The SMILES string of the molecule is Nc1ccc(NC(=O)N2CCc3sccc3C2)cc1. The summed E-state index contributed by atoms with van der Waals surface area (Å²) in [5, 5.41) is 4.99. The Morgan fingerprint density at radius 3 is 2.84 bits per heavy atom. The maximum Gasteiger partial charge on any atom is 0.322 e. The standard InChI is InChI=1S/C14H15N3OS/c15-11-1-3-12(4-2-11)16-14(18)17-7-5-13-10(9-17)6-8-19-13/h1-4,6,8H,5,7,9,15H2,(H,16,18). The zero-order valence-corrected chi connectivity index (χ0v) is 11.2. The van der Waals surface area contributed by atoms with Crippen molar-refractivity contribution in [2.45, 2.75) is 13.0 Å². The van der Waals surface area contributed by atoms with E-state index in [0.717, 1.165) is 18.7 Å². The Bertz CT molecular complexity index is 591. The van der Waals surface area contributed by atoms with E-state index >= 15 is 0 Å². The van der Waals surface area contributed by atoms with Gasteiger partial charge in [0.05, 0.1) is 0 Å². The second-order valence-electron chi connectivity index (χ2n) is 4.59. The minimum Gasteiger partial charge on any atom is -0.399 e. The normalized spacial score (nSPS) is 14.0. The second kappa shape index (κ2) is 4.93. The minimum atomic E-state index is -0.0541. The molecule has 0 bridgehead atoms. The van der Waals surface area contributed by atoms with Gasteiger partial charge in [-0.3, -0.25) is 0 Å². The van der Waals surface area contributed by atoms with Crippen LogP contribution in [-0.4, -0.2) is 17.5 Å². The van der Waals surface area contributed by atoms with E-state index in [0.29, 0.717) is 12.2 Å². The van der Waals surface area contributed by atoms with Crippen LogP contribution in [0.2, 0.25) is 0 Å². The molecule has 0 radical (unpaired) electrons. The molecule has 0 saturated carbocycles. The Morgan fingerprint density at radius 1 is 1.26 bits per heavy atom. The zero-order valence-electron chi connectivity index (χ0n) is 10.4. The van der Waals surface area contributed by atoms with Crippen molar-refractivity contribution < 1.29 is 4.79 Å². The molecule has 2 heterocycles. The number of carbonyl (C=O) groups is 1. The Kier molecular flexibility index (Phi) is 3.13. The molecule has 4 nitrogen and oxygen atoms in total. The third kappa shape index (κ3) is 2.56. The Morgan fingerprint density at radius 2 is 2.05 bits per heavy atom. The van der Waals surface area contributed by atoms with E-state index in [-0.39, 0.29) is 6.03 Å². The van der Waals surface area contributed by atoms with Crippen molar-refractivity contribution in [2.24, 2.45) is 0 Å². The third-order valence-corrected chi connectivity index (χ3v) is 4.28. The maximum absolute atomic E-state index is 12.2. The zero-order chi connectivity index (χ0) is 13.2. The molecule has 0 saturated heterocycles. The molecule has 19 heavy (non-hydrogen) atoms. The van der Waals surface area contributed by atoms with Crippen LogP contribution in [-0.2, 0) is 13.0 Å². The number of nitrogen functional groups attached to an aromatic ring is 1. The number of carbonyl (C=O) groups excluding carboxylic acids is 1. The molecule has 2 aromatic rings. The fourth-order valence-corrected chi connectivity index (χ4v) is 3.08. The average Bonchev–Trinajstić information content (AvgIpc) is 2.88. The quantitative estimate of drug-likeness (QED) is 0.785. The van der Waals surface area contributed by atoms with Crippen LogP contribution < -0.4 is 11.1 Å². The fourth-order valence-electron chi connectivity index (χ4n) is 2.19. The number of thiophene rings is 1. The summed E-state index contributed by atoms with van der Waals surface area (Å²) < 4.78 is 0. The number of nitrogens with two attached hydrogens (primary N) is 1. The van der Waals surface area contributed by atoms with E-state index in [4.69, 9.17) is 5.73 Å². The molecular formula is C14H15N3OS. The van der Waals surface area contributed by atoms with Crippen LogP contribution in [0.1, 0.15) is 10.4 Å². The van der Waals surface area contributed by atoms with Gasteiger partial charge in [0, 0.05) is 29.3 Å². The van der Waals surface area contributed by atoms with Gasteiger partial charge >= 0.3 is 6.03 Å². The predicted molar refractivity (Wildman–Crippen MR) is 78.3 cm³/mol. The van der Waals surface area contributed by atoms with Crippen LogP contribution in [0.4, 0.5) is 16.2 Å². The molecule has 0 fully saturated rings. The number of nitrogens with one attached hydrogen (secondary N) is 1. The topological polar surface area (TPSA) is 58.4 Å². The monoisotopic (exact) mass is 273 g/mol. The molecule has 0 atom stereocenters. The third-order valence-electron chi connectivity index (χ3n) is 3.26. The van der Waals surface area contributed by atoms with E-state index in [1.807, 2.05) is 17.0 Å². The van der Waals surface area contributed by atoms with Gasteiger partial charge in [0.15, 0.2) is 0 Å². The van der Waals surface area contributed by atoms with Crippen molar-refractivity contribution in [2.75, 3.05) is 17.6 Å². The first-order valence-electron chi connectivity index (χ1n) is 6.19. The summed E-state index contributed by atoms with van der Waals surface area (Å²) in [7, 11) is 0. The Labute approximate surface area is 115 Å². The van der Waals surface area contributed by atoms with E-state index in [1.54, 1.807) is 23.5 Å². The van der Waals surface area contributed by atoms with Crippen molar-refractivity contribution >= 4 is 28.7 Å². The maximum atomic E-state index is 12.2. The first-order chi connectivity index (χ1) is 9.22. The number of fused-ring (bicyclic) bond motifs is 1. The number of urea groups is 1. The smallest absolute Gasteiger partial charge is 0.322 e. The van der Waals surface area contributed by atoms with Crippen LogP contribution in [0.3, 0.4) is 0 Å². The number of hydrogen-bond donors (Lipinski definition) is 2. The highest BCUT2D eigenvalue weighted by atomic mass is 32.1. The van der Waals surface area contributed by atoms with E-state index in [2.05, 4.69) is 16.8 Å². The van der Waals surface area contributed by atoms with E-state index < -0.39 is 0 Å². The van der Waals surface area contributed by atoms with Crippen molar-refractivity contribution in [3.63, 3.8) is 0 Å². The predicted octanol–water partition coefficient (Wildman–Crippen LogP) is 2.92. The molecule has 1 aromatic heterocycles. The van der Waals surface area contributed by atoms with Gasteiger partial charge in [-0.25, -0.2) is 4.79 Å². The highest BCUT2D eigenvalue weighted by Gasteiger charge is 2.21. The number of amides is 2. The highest BCUT2D eigenvalue weighted by molar-refractivity contribution is 7.10. The van der Waals surface area contributed by atoms with Crippen LogP contribution in [0.5, 0.6) is 0 Å². The van der Waals surface area contributed by atoms with Crippen LogP contribution in [0.15, 0.2) is 35.7 Å². The van der Waals surface area contributed by atoms with Crippen LogP contribution in [0, 0.1) is 0 Å². The summed E-state index contributed by atoms with van der Waals surface area (Å²) in [6.45, 7) is 1.47. The Hall–Kier alpha value is -2.01. The molecule has 1 aliphatic heterocycles. The molecule has 98 valence electrons. The van der Waals surface area contributed by atoms with Gasteiger partial charge < -0.3 is 16.0 Å². The summed E-state index contributed by atoms with van der Waals surface area (Å²) in [6.07, 6.45) is 0.947. The van der Waals surface area contributed by atoms with E-state index in [9.17, 15) is 4.79 Å². The highest BCUT2D eigenvalue weighted by Crippen LogP contribution is 2.24. The fraction of sp³-hybridized carbons (Fsp3) is 0.214. The van der Waals surface area contributed by atoms with Crippen LogP contribution >= 0.6 is 11.3 Å². The number of rotatable bonds is 1. The lowest BCUT2D eigenvalue weighted by molar-refractivity contribution is 0.207. The van der Waals surface area contributed by atoms with Crippen molar-refractivity contribution in [3.8, 4) is 0 Å². The lowest BCUT2D eigenvalue weighted by atomic mass is 10.1. The molecule has 0 unspecified atom stereocenters. The Balaban J connectivity index is 1.67. The van der Waals surface area contributed by atoms with Gasteiger partial charge in [0.2, 0.25) is 0 Å². The molecule has 2 amide bonds. The van der Waals surface area contributed by atoms with Gasteiger partial charge in [-0.1, -0.05) is 0 Å². The van der Waals surface area contributed by atoms with Gasteiger partial charge in [-0.05, 0) is 47.7 Å². The van der Waals surface area contributed by atoms with Gasteiger partial charge in [-0.2, -0.15) is 0 Å². The number of anilines is 2. The summed E-state index contributed by atoms with van der Waals surface area (Å²) in [5.74, 6) is 0. The average molecular weight is 273 g/mol. The molecule has 1 aromatic carbocycles. The number of nitrogens with zero attached hydrogens (tertiary/aromatic N) is 1. The first-order valence-corrected chi connectivity index (χ1v) is 7.07. The molecule has 1 aliphatic rings. The first kappa shape index (κ1) is 12.0. The molecule has 0 spiro atoms. The van der Waals surface area contributed by atoms with Crippen molar-refractivity contribution in [3.05, 3.63) is 46.2 Å². The lowest BCUT2D eigenvalue weighted by Crippen LogP contribution is -2.38. The summed E-state index contributed by atoms with van der Waals surface area (Å²) in [4.78, 5) is 15.4. The summed E-state index contributed by atoms with van der Waals surface area (Å²) in [5.41, 5.74) is 8.35. The number of hydrogen-bond acceptors (Lipinski definition) is 3. The minimum absolute atomic E-state index is 0.0541. The molecular weight excluding hydrogens is 258 g/mol. The van der Waals surface area contributed by atoms with Gasteiger partial charge in [0.1, 0.15) is 0 Å². The molecule has 0 aliphatic carbocycles. The second-order valence-corrected chi connectivity index (χ2v) is 5.59.